The minimum absolute atomic E-state index is 0.782. The molecule has 0 atom stereocenters. The number of hydrogen-bond donors (Lipinski definition) is 2. The van der Waals surface area contributed by atoms with Gasteiger partial charge in [-0.05, 0) is 18.2 Å². The van der Waals surface area contributed by atoms with Crippen LogP contribution in [0.4, 0.5) is 0 Å². The first kappa shape index (κ1) is 8.62. The molecule has 0 aliphatic rings. The molecule has 2 aromatic rings. The number of nitrogens with one attached hydrogen (secondary N) is 1. The zero-order valence-electron chi connectivity index (χ0n) is 7.69. The average molecular weight is 190 g/mol. The smallest absolute Gasteiger partial charge is 0.119 e. The van der Waals surface area contributed by atoms with Crippen LogP contribution in [-0.4, -0.2) is 23.5 Å². The predicted molar refractivity (Wildman–Crippen MR) is 54.2 cm³/mol. The van der Waals surface area contributed by atoms with E-state index in [1.54, 1.807) is 13.3 Å². The van der Waals surface area contributed by atoms with Crippen LogP contribution in [-0.2, 0) is 0 Å². The van der Waals surface area contributed by atoms with Gasteiger partial charge in [-0.3, -0.25) is 0 Å². The number of rotatable bonds is 2. The molecule has 4 nitrogen and oxygen atoms in total. The quantitative estimate of drug-likeness (QED) is 0.432. The van der Waals surface area contributed by atoms with E-state index in [2.05, 4.69) is 10.1 Å². The van der Waals surface area contributed by atoms with E-state index in [-0.39, 0.29) is 0 Å². The fourth-order valence-corrected chi connectivity index (χ4v) is 1.42. The third kappa shape index (κ3) is 1.31. The van der Waals surface area contributed by atoms with E-state index in [9.17, 15) is 0 Å². The number of ether oxygens (including phenoxy) is 1. The van der Waals surface area contributed by atoms with Crippen molar-refractivity contribution in [2.75, 3.05) is 7.11 Å². The van der Waals surface area contributed by atoms with Gasteiger partial charge in [-0.25, -0.2) is 0 Å². The lowest BCUT2D eigenvalue weighted by Gasteiger charge is -1.98. The Balaban J connectivity index is 2.63. The van der Waals surface area contributed by atoms with Gasteiger partial charge in [0.25, 0.3) is 0 Å². The number of hydrogen-bond acceptors (Lipinski definition) is 3. The summed E-state index contributed by atoms with van der Waals surface area (Å²) < 4.78 is 5.10. The molecule has 4 heteroatoms. The maximum Gasteiger partial charge on any atom is 0.119 e. The monoisotopic (exact) mass is 190 g/mol. The number of oxime groups is 1. The highest BCUT2D eigenvalue weighted by Crippen LogP contribution is 2.22. The summed E-state index contributed by atoms with van der Waals surface area (Å²) in [6.45, 7) is 0. The Morgan fingerprint density at radius 3 is 3.07 bits per heavy atom. The molecule has 0 fully saturated rings. The van der Waals surface area contributed by atoms with Crippen molar-refractivity contribution in [2.45, 2.75) is 0 Å². The van der Waals surface area contributed by atoms with E-state index in [4.69, 9.17) is 9.94 Å². The minimum atomic E-state index is 0.782. The second-order valence-corrected chi connectivity index (χ2v) is 2.90. The van der Waals surface area contributed by atoms with Crippen LogP contribution in [0.25, 0.3) is 10.9 Å². The maximum absolute atomic E-state index is 8.45. The van der Waals surface area contributed by atoms with Crippen LogP contribution in [0, 0.1) is 0 Å². The molecular formula is C10H10N2O2. The van der Waals surface area contributed by atoms with Crippen molar-refractivity contribution in [3.63, 3.8) is 0 Å². The molecule has 2 N–H and O–H groups in total. The molecule has 2 rings (SSSR count). The van der Waals surface area contributed by atoms with Gasteiger partial charge in [-0.2, -0.15) is 0 Å². The van der Waals surface area contributed by atoms with E-state index in [1.807, 2.05) is 18.2 Å². The Morgan fingerprint density at radius 2 is 2.36 bits per heavy atom. The molecule has 0 amide bonds. The molecule has 0 bridgehead atoms. The van der Waals surface area contributed by atoms with E-state index >= 15 is 0 Å². The van der Waals surface area contributed by atoms with Crippen LogP contribution in [0.3, 0.4) is 0 Å². The van der Waals surface area contributed by atoms with Gasteiger partial charge >= 0.3 is 0 Å². The van der Waals surface area contributed by atoms with Crippen molar-refractivity contribution in [1.82, 2.24) is 4.98 Å². The van der Waals surface area contributed by atoms with Gasteiger partial charge in [0, 0.05) is 22.7 Å². The van der Waals surface area contributed by atoms with Gasteiger partial charge in [0.1, 0.15) is 5.75 Å². The number of aromatic nitrogens is 1. The van der Waals surface area contributed by atoms with Gasteiger partial charge in [-0.1, -0.05) is 5.16 Å². The summed E-state index contributed by atoms with van der Waals surface area (Å²) in [5.74, 6) is 0.782. The average Bonchev–Trinajstić information content (AvgIpc) is 2.61. The molecule has 1 heterocycles. The molecule has 0 aliphatic heterocycles. The minimum Gasteiger partial charge on any atom is -0.497 e. The third-order valence-corrected chi connectivity index (χ3v) is 2.12. The lowest BCUT2D eigenvalue weighted by Crippen LogP contribution is -1.82. The number of fused-ring (bicyclic) bond motifs is 1. The summed E-state index contributed by atoms with van der Waals surface area (Å²) in [6, 6.07) is 5.68. The molecule has 0 unspecified atom stereocenters. The van der Waals surface area contributed by atoms with Crippen molar-refractivity contribution >= 4 is 17.1 Å². The second kappa shape index (κ2) is 3.41. The Bertz CT molecular complexity index is 474. The number of aromatic amines is 1. The number of H-pyrrole nitrogens is 1. The Hall–Kier alpha value is -1.97. The van der Waals surface area contributed by atoms with Gasteiger partial charge < -0.3 is 14.9 Å². The van der Waals surface area contributed by atoms with Gasteiger partial charge in [0.15, 0.2) is 0 Å². The van der Waals surface area contributed by atoms with Crippen molar-refractivity contribution < 1.29 is 9.94 Å². The van der Waals surface area contributed by atoms with E-state index in [0.29, 0.717) is 0 Å². The standard InChI is InChI=1S/C10H10N2O2/c1-14-8-2-3-10-9(4-8)7(5-11-10)6-12-13/h2-6,11,13H,1H3. The molecule has 72 valence electrons. The lowest BCUT2D eigenvalue weighted by molar-refractivity contribution is 0.322. The fourth-order valence-electron chi connectivity index (χ4n) is 1.42. The van der Waals surface area contributed by atoms with Crippen LogP contribution in [0.5, 0.6) is 5.75 Å². The van der Waals surface area contributed by atoms with Crippen LogP contribution in [0.15, 0.2) is 29.6 Å². The van der Waals surface area contributed by atoms with Crippen molar-refractivity contribution in [2.24, 2.45) is 5.16 Å². The lowest BCUT2D eigenvalue weighted by atomic mass is 10.2. The molecule has 0 radical (unpaired) electrons. The molecule has 14 heavy (non-hydrogen) atoms. The van der Waals surface area contributed by atoms with Crippen molar-refractivity contribution in [1.29, 1.82) is 0 Å². The molecule has 1 aromatic carbocycles. The zero-order valence-corrected chi connectivity index (χ0v) is 7.69. The summed E-state index contributed by atoms with van der Waals surface area (Å²) in [7, 11) is 1.62. The van der Waals surface area contributed by atoms with Crippen LogP contribution in [0.2, 0.25) is 0 Å². The Kier molecular flexibility index (Phi) is 2.10. The number of methoxy groups -OCH3 is 1. The highest BCUT2D eigenvalue weighted by Gasteiger charge is 2.02. The normalized spacial score (nSPS) is 11.2. The highest BCUT2D eigenvalue weighted by molar-refractivity contribution is 5.99. The third-order valence-electron chi connectivity index (χ3n) is 2.12. The summed E-state index contributed by atoms with van der Waals surface area (Å²) in [4.78, 5) is 3.07. The summed E-state index contributed by atoms with van der Waals surface area (Å²) in [5, 5.41) is 12.4. The Labute approximate surface area is 80.8 Å². The molecule has 0 saturated heterocycles. The van der Waals surface area contributed by atoms with E-state index in [0.717, 1.165) is 22.2 Å². The molecular weight excluding hydrogens is 180 g/mol. The Morgan fingerprint density at radius 1 is 1.50 bits per heavy atom. The van der Waals surface area contributed by atoms with E-state index in [1.165, 1.54) is 6.21 Å². The maximum atomic E-state index is 8.45. The largest absolute Gasteiger partial charge is 0.497 e. The summed E-state index contributed by atoms with van der Waals surface area (Å²) >= 11 is 0. The first-order chi connectivity index (χ1) is 6.85. The number of benzene rings is 1. The van der Waals surface area contributed by atoms with E-state index < -0.39 is 0 Å². The van der Waals surface area contributed by atoms with Crippen LogP contribution >= 0.6 is 0 Å². The molecule has 0 aliphatic carbocycles. The van der Waals surface area contributed by atoms with Gasteiger partial charge in [0.2, 0.25) is 0 Å². The number of nitrogens with zero attached hydrogens (tertiary/aromatic N) is 1. The van der Waals surface area contributed by atoms with Crippen LogP contribution < -0.4 is 4.74 Å². The summed E-state index contributed by atoms with van der Waals surface area (Å²) in [5.41, 5.74) is 1.82. The second-order valence-electron chi connectivity index (χ2n) is 2.90. The summed E-state index contributed by atoms with van der Waals surface area (Å²) in [6.07, 6.45) is 3.17. The van der Waals surface area contributed by atoms with Crippen molar-refractivity contribution in [3.8, 4) is 5.75 Å². The molecule has 0 saturated carbocycles. The SMILES string of the molecule is COc1ccc2[nH]cc(C=NO)c2c1. The highest BCUT2D eigenvalue weighted by atomic mass is 16.5. The van der Waals surface area contributed by atoms with Gasteiger partial charge in [-0.15, -0.1) is 0 Å². The first-order valence-corrected chi connectivity index (χ1v) is 4.17. The van der Waals surface area contributed by atoms with Gasteiger partial charge in [0.05, 0.1) is 13.3 Å². The first-order valence-electron chi connectivity index (χ1n) is 4.17. The fraction of sp³-hybridized carbons (Fsp3) is 0.100. The van der Waals surface area contributed by atoms with Crippen LogP contribution in [0.1, 0.15) is 5.56 Å². The predicted octanol–water partition coefficient (Wildman–Crippen LogP) is 1.98. The molecule has 0 spiro atoms. The topological polar surface area (TPSA) is 57.6 Å². The molecule has 1 aromatic heterocycles. The van der Waals surface area contributed by atoms with Crippen molar-refractivity contribution in [3.05, 3.63) is 30.0 Å². The zero-order chi connectivity index (χ0) is 9.97.